The van der Waals surface area contributed by atoms with E-state index >= 15 is 0 Å². The molecule has 0 aliphatic rings. The second-order valence-corrected chi connectivity index (χ2v) is 4.45. The van der Waals surface area contributed by atoms with Gasteiger partial charge in [0.05, 0.1) is 6.61 Å². The van der Waals surface area contributed by atoms with Gasteiger partial charge >= 0.3 is 5.69 Å². The minimum Gasteiger partial charge on any atom is -0.392 e. The molecule has 0 aliphatic heterocycles. The van der Waals surface area contributed by atoms with E-state index in [0.29, 0.717) is 6.54 Å². The molecule has 20 heavy (non-hydrogen) atoms. The van der Waals surface area contributed by atoms with E-state index in [1.165, 1.54) is 14.1 Å². The summed E-state index contributed by atoms with van der Waals surface area (Å²) in [6, 6.07) is 7.35. The molecule has 1 aromatic heterocycles. The third-order valence-corrected chi connectivity index (χ3v) is 2.95. The Labute approximate surface area is 115 Å². The van der Waals surface area contributed by atoms with Crippen molar-refractivity contribution in [2.75, 3.05) is 5.32 Å². The molecule has 0 aliphatic carbocycles. The highest BCUT2D eigenvalue weighted by atomic mass is 16.3. The van der Waals surface area contributed by atoms with E-state index in [0.717, 1.165) is 20.4 Å². The summed E-state index contributed by atoms with van der Waals surface area (Å²) in [6.07, 6.45) is 0. The molecule has 0 saturated carbocycles. The molecule has 0 atom stereocenters. The minimum atomic E-state index is -0.470. The van der Waals surface area contributed by atoms with Crippen LogP contribution in [0, 0.1) is 0 Å². The molecule has 0 unspecified atom stereocenters. The number of rotatable bonds is 4. The van der Waals surface area contributed by atoms with E-state index in [2.05, 4.69) is 10.4 Å². The van der Waals surface area contributed by atoms with Crippen LogP contribution in [0.15, 0.2) is 33.9 Å². The van der Waals surface area contributed by atoms with Gasteiger partial charge in [0.2, 0.25) is 5.82 Å². The van der Waals surface area contributed by atoms with Gasteiger partial charge in [0.15, 0.2) is 0 Å². The normalized spacial score (nSPS) is 10.6. The third-order valence-electron chi connectivity index (χ3n) is 2.95. The third kappa shape index (κ3) is 2.77. The summed E-state index contributed by atoms with van der Waals surface area (Å²) in [5.74, 6) is 0.115. The maximum absolute atomic E-state index is 11.9. The molecule has 106 valence electrons. The van der Waals surface area contributed by atoms with Crippen LogP contribution in [0.4, 0.5) is 5.82 Å². The first-order valence-corrected chi connectivity index (χ1v) is 6.10. The van der Waals surface area contributed by atoms with Crippen molar-refractivity contribution in [1.29, 1.82) is 0 Å². The van der Waals surface area contributed by atoms with Crippen molar-refractivity contribution in [3.8, 4) is 0 Å². The minimum absolute atomic E-state index is 0.0340. The number of aliphatic hydroxyl groups is 1. The Hall–Kier alpha value is -2.41. The van der Waals surface area contributed by atoms with Crippen molar-refractivity contribution in [2.24, 2.45) is 14.1 Å². The van der Waals surface area contributed by atoms with Crippen LogP contribution in [-0.4, -0.2) is 19.5 Å². The Kier molecular flexibility index (Phi) is 3.99. The molecular weight excluding hydrogens is 260 g/mol. The Balaban J connectivity index is 2.23. The predicted molar refractivity (Wildman–Crippen MR) is 74.4 cm³/mol. The first-order valence-electron chi connectivity index (χ1n) is 6.10. The number of aromatic nitrogens is 3. The lowest BCUT2D eigenvalue weighted by Gasteiger charge is -2.08. The average Bonchev–Trinajstić information content (AvgIpc) is 2.47. The number of anilines is 1. The monoisotopic (exact) mass is 276 g/mol. The van der Waals surface area contributed by atoms with Gasteiger partial charge in [0, 0.05) is 20.6 Å². The summed E-state index contributed by atoms with van der Waals surface area (Å²) in [4.78, 5) is 23.4. The molecule has 0 bridgehead atoms. The zero-order valence-electron chi connectivity index (χ0n) is 11.3. The Bertz CT molecular complexity index is 733. The molecule has 0 fully saturated rings. The largest absolute Gasteiger partial charge is 0.392 e. The van der Waals surface area contributed by atoms with Crippen LogP contribution < -0.4 is 16.6 Å². The SMILES string of the molecule is Cn1nc(NCc2cccc(CO)c2)c(=O)n(C)c1=O. The van der Waals surface area contributed by atoms with Crippen molar-refractivity contribution in [3.63, 3.8) is 0 Å². The second-order valence-electron chi connectivity index (χ2n) is 4.45. The van der Waals surface area contributed by atoms with Crippen molar-refractivity contribution in [3.05, 3.63) is 56.2 Å². The van der Waals surface area contributed by atoms with E-state index in [4.69, 9.17) is 5.11 Å². The molecule has 1 aromatic carbocycles. The highest BCUT2D eigenvalue weighted by Crippen LogP contribution is 2.06. The smallest absolute Gasteiger partial charge is 0.346 e. The maximum Gasteiger partial charge on any atom is 0.346 e. The molecule has 1 heterocycles. The zero-order chi connectivity index (χ0) is 14.7. The van der Waals surface area contributed by atoms with Gasteiger partial charge in [0.1, 0.15) is 0 Å². The summed E-state index contributed by atoms with van der Waals surface area (Å²) in [7, 11) is 2.89. The number of nitrogens with zero attached hydrogens (tertiary/aromatic N) is 3. The average molecular weight is 276 g/mol. The molecule has 2 rings (SSSR count). The van der Waals surface area contributed by atoms with Gasteiger partial charge in [-0.1, -0.05) is 24.3 Å². The Morgan fingerprint density at radius 3 is 2.65 bits per heavy atom. The highest BCUT2D eigenvalue weighted by Gasteiger charge is 2.08. The number of nitrogens with one attached hydrogen (secondary N) is 1. The topological polar surface area (TPSA) is 89.2 Å². The molecule has 7 heteroatoms. The molecule has 0 amide bonds. The van der Waals surface area contributed by atoms with Crippen molar-refractivity contribution in [1.82, 2.24) is 14.3 Å². The summed E-state index contributed by atoms with van der Waals surface area (Å²) in [6.45, 7) is 0.349. The van der Waals surface area contributed by atoms with E-state index in [1.54, 1.807) is 0 Å². The van der Waals surface area contributed by atoms with Crippen LogP contribution in [0.25, 0.3) is 0 Å². The van der Waals surface area contributed by atoms with Gasteiger partial charge in [-0.3, -0.25) is 9.36 Å². The number of aliphatic hydroxyl groups excluding tert-OH is 1. The fourth-order valence-corrected chi connectivity index (χ4v) is 1.83. The number of benzene rings is 1. The van der Waals surface area contributed by atoms with Crippen LogP contribution in [0.1, 0.15) is 11.1 Å². The highest BCUT2D eigenvalue weighted by molar-refractivity contribution is 5.33. The summed E-state index contributed by atoms with van der Waals surface area (Å²) < 4.78 is 2.10. The number of hydrogen-bond acceptors (Lipinski definition) is 5. The number of hydrogen-bond donors (Lipinski definition) is 2. The van der Waals surface area contributed by atoms with Gasteiger partial charge < -0.3 is 10.4 Å². The van der Waals surface area contributed by atoms with E-state index in [9.17, 15) is 9.59 Å². The lowest BCUT2D eigenvalue weighted by molar-refractivity contribution is 0.281. The van der Waals surface area contributed by atoms with Gasteiger partial charge in [0.25, 0.3) is 5.56 Å². The Morgan fingerprint density at radius 2 is 1.95 bits per heavy atom. The standard InChI is InChI=1S/C13H16N4O3/c1-16-12(19)11(15-17(2)13(16)20)14-7-9-4-3-5-10(6-9)8-18/h3-6,18H,7-8H2,1-2H3,(H,14,15). The van der Waals surface area contributed by atoms with Crippen molar-refractivity contribution >= 4 is 5.82 Å². The molecule has 0 radical (unpaired) electrons. The van der Waals surface area contributed by atoms with E-state index < -0.39 is 11.2 Å². The van der Waals surface area contributed by atoms with E-state index in [-0.39, 0.29) is 12.4 Å². The summed E-state index contributed by atoms with van der Waals surface area (Å²) in [5, 5.41) is 15.9. The Morgan fingerprint density at radius 1 is 1.25 bits per heavy atom. The van der Waals surface area contributed by atoms with Gasteiger partial charge in [-0.05, 0) is 11.1 Å². The summed E-state index contributed by atoms with van der Waals surface area (Å²) in [5.41, 5.74) is 0.772. The van der Waals surface area contributed by atoms with Crippen molar-refractivity contribution in [2.45, 2.75) is 13.2 Å². The maximum atomic E-state index is 11.9. The van der Waals surface area contributed by atoms with Crippen LogP contribution in [0.3, 0.4) is 0 Å². The van der Waals surface area contributed by atoms with Gasteiger partial charge in [-0.2, -0.15) is 0 Å². The molecule has 0 spiro atoms. The first kappa shape index (κ1) is 14.0. The van der Waals surface area contributed by atoms with Crippen LogP contribution >= 0.6 is 0 Å². The molecule has 7 nitrogen and oxygen atoms in total. The van der Waals surface area contributed by atoms with E-state index in [1.807, 2.05) is 24.3 Å². The first-order chi connectivity index (χ1) is 9.52. The van der Waals surface area contributed by atoms with Gasteiger partial charge in [-0.25, -0.2) is 9.48 Å². The fourth-order valence-electron chi connectivity index (χ4n) is 1.83. The molecule has 0 saturated heterocycles. The van der Waals surface area contributed by atoms with Gasteiger partial charge in [-0.15, -0.1) is 5.10 Å². The summed E-state index contributed by atoms with van der Waals surface area (Å²) >= 11 is 0. The predicted octanol–water partition coefficient (Wildman–Crippen LogP) is -0.417. The van der Waals surface area contributed by atoms with Crippen LogP contribution in [0.5, 0.6) is 0 Å². The lowest BCUT2D eigenvalue weighted by atomic mass is 10.1. The molecule has 2 N–H and O–H groups in total. The second kappa shape index (κ2) is 5.70. The molecule has 2 aromatic rings. The number of aryl methyl sites for hydroxylation is 1. The fraction of sp³-hybridized carbons (Fsp3) is 0.308. The molecular formula is C13H16N4O3. The lowest BCUT2D eigenvalue weighted by Crippen LogP contribution is -2.39. The zero-order valence-corrected chi connectivity index (χ0v) is 11.3. The van der Waals surface area contributed by atoms with Crippen molar-refractivity contribution < 1.29 is 5.11 Å². The van der Waals surface area contributed by atoms with Crippen LogP contribution in [0.2, 0.25) is 0 Å². The van der Waals surface area contributed by atoms with Crippen LogP contribution in [-0.2, 0) is 27.2 Å². The quantitative estimate of drug-likeness (QED) is 0.792.